The molecule has 0 bridgehead atoms. The molecule has 3 nitrogen and oxygen atoms in total. The van der Waals surface area contributed by atoms with Crippen molar-refractivity contribution in [2.75, 3.05) is 0 Å². The highest BCUT2D eigenvalue weighted by Gasteiger charge is 2.20. The van der Waals surface area contributed by atoms with Crippen LogP contribution < -0.4 is 0 Å². The fraction of sp³-hybridized carbons (Fsp3) is 0.0909. The molecule has 27 heavy (non-hydrogen) atoms. The van der Waals surface area contributed by atoms with Gasteiger partial charge in [0.2, 0.25) is 0 Å². The van der Waals surface area contributed by atoms with Crippen LogP contribution in [0.5, 0.6) is 0 Å². The molecular weight excluding hydrogens is 365 g/mol. The van der Waals surface area contributed by atoms with Crippen molar-refractivity contribution in [2.45, 2.75) is 12.5 Å². The number of aliphatic imine (C=N–C) groups is 1. The molecule has 3 aromatic rings. The van der Waals surface area contributed by atoms with Crippen molar-refractivity contribution in [1.82, 2.24) is 0 Å². The van der Waals surface area contributed by atoms with Gasteiger partial charge in [0.25, 0.3) is 0 Å². The average Bonchev–Trinajstić information content (AvgIpc) is 2.69. The van der Waals surface area contributed by atoms with E-state index in [1.165, 1.54) is 12.1 Å². The Kier molecular flexibility index (Phi) is 5.99. The van der Waals surface area contributed by atoms with Crippen LogP contribution in [0.4, 0.5) is 4.39 Å². The first kappa shape index (κ1) is 18.8. The number of hydrogen-bond acceptors (Lipinski definition) is 2. The lowest BCUT2D eigenvalue weighted by molar-refractivity contribution is -0.138. The highest BCUT2D eigenvalue weighted by molar-refractivity contribution is 6.30. The molecule has 0 aromatic heterocycles. The molecule has 5 heteroatoms. The molecule has 0 aliphatic carbocycles. The summed E-state index contributed by atoms with van der Waals surface area (Å²) in [6.45, 7) is 0. The minimum atomic E-state index is -1.07. The third-order valence-corrected chi connectivity index (χ3v) is 4.38. The van der Waals surface area contributed by atoms with E-state index < -0.39 is 17.8 Å². The Morgan fingerprint density at radius 2 is 1.52 bits per heavy atom. The number of carbonyl (C=O) groups is 1. The van der Waals surface area contributed by atoms with Gasteiger partial charge >= 0.3 is 5.97 Å². The Morgan fingerprint density at radius 1 is 0.963 bits per heavy atom. The third-order valence-electron chi connectivity index (χ3n) is 4.08. The van der Waals surface area contributed by atoms with E-state index in [1.807, 2.05) is 60.7 Å². The van der Waals surface area contributed by atoms with Gasteiger partial charge in [0, 0.05) is 17.5 Å². The van der Waals surface area contributed by atoms with Crippen molar-refractivity contribution in [1.29, 1.82) is 0 Å². The lowest BCUT2D eigenvalue weighted by Crippen LogP contribution is -2.23. The van der Waals surface area contributed by atoms with Gasteiger partial charge in [-0.25, -0.2) is 9.18 Å². The predicted octanol–water partition coefficient (Wildman–Crippen LogP) is 5.01. The number of rotatable bonds is 6. The van der Waals surface area contributed by atoms with E-state index in [-0.39, 0.29) is 11.4 Å². The van der Waals surface area contributed by atoms with Gasteiger partial charge in [0.15, 0.2) is 6.04 Å². The molecule has 0 spiro atoms. The molecule has 0 saturated heterocycles. The number of carboxylic acid groups (broad SMARTS) is 1. The molecule has 1 N–H and O–H groups in total. The topological polar surface area (TPSA) is 49.7 Å². The molecule has 0 radical (unpaired) electrons. The molecule has 3 rings (SSSR count). The maximum atomic E-state index is 13.7. The van der Waals surface area contributed by atoms with Gasteiger partial charge in [-0.05, 0) is 17.7 Å². The van der Waals surface area contributed by atoms with Gasteiger partial charge in [0.05, 0.1) is 10.7 Å². The van der Waals surface area contributed by atoms with Gasteiger partial charge in [0.1, 0.15) is 5.82 Å². The van der Waals surface area contributed by atoms with Crippen LogP contribution in [0.25, 0.3) is 0 Å². The van der Waals surface area contributed by atoms with Gasteiger partial charge in [-0.2, -0.15) is 0 Å². The number of benzene rings is 3. The second kappa shape index (κ2) is 8.60. The molecule has 1 atom stereocenters. The Labute approximate surface area is 161 Å². The summed E-state index contributed by atoms with van der Waals surface area (Å²) in [5.74, 6) is -1.65. The van der Waals surface area contributed by atoms with Crippen LogP contribution in [-0.4, -0.2) is 22.8 Å². The van der Waals surface area contributed by atoms with Gasteiger partial charge in [-0.1, -0.05) is 78.3 Å². The van der Waals surface area contributed by atoms with Crippen molar-refractivity contribution in [3.63, 3.8) is 0 Å². The highest BCUT2D eigenvalue weighted by atomic mass is 35.5. The van der Waals surface area contributed by atoms with Crippen molar-refractivity contribution in [3.8, 4) is 0 Å². The first-order chi connectivity index (χ1) is 13.0. The minimum Gasteiger partial charge on any atom is -0.480 e. The molecule has 0 heterocycles. The van der Waals surface area contributed by atoms with Gasteiger partial charge in [-0.3, -0.25) is 4.99 Å². The molecule has 0 saturated carbocycles. The first-order valence-electron chi connectivity index (χ1n) is 8.40. The van der Waals surface area contributed by atoms with Gasteiger partial charge in [-0.15, -0.1) is 0 Å². The fourth-order valence-electron chi connectivity index (χ4n) is 2.74. The van der Waals surface area contributed by atoms with E-state index in [1.54, 1.807) is 6.07 Å². The van der Waals surface area contributed by atoms with Crippen molar-refractivity contribution in [2.24, 2.45) is 4.99 Å². The summed E-state index contributed by atoms with van der Waals surface area (Å²) < 4.78 is 13.7. The standard InChI is InChI=1S/C22H17ClFNO2/c23-18-12-11-15(13-19(18)24)14-20(22(26)27)25-21(16-7-3-1-4-8-16)17-9-5-2-6-10-17/h1-13,20H,14H2,(H,26,27). The second-order valence-electron chi connectivity index (χ2n) is 6.02. The molecule has 3 aromatic carbocycles. The Morgan fingerprint density at radius 3 is 2.00 bits per heavy atom. The van der Waals surface area contributed by atoms with E-state index in [0.29, 0.717) is 11.3 Å². The molecule has 136 valence electrons. The molecule has 0 amide bonds. The smallest absolute Gasteiger partial charge is 0.328 e. The zero-order valence-electron chi connectivity index (χ0n) is 14.3. The Balaban J connectivity index is 2.02. The summed E-state index contributed by atoms with van der Waals surface area (Å²) in [6.07, 6.45) is 0.0621. The van der Waals surface area contributed by atoms with E-state index in [0.717, 1.165) is 11.1 Å². The van der Waals surface area contributed by atoms with Crippen LogP contribution in [0.15, 0.2) is 83.9 Å². The molecule has 0 aliphatic heterocycles. The molecular formula is C22H17ClFNO2. The van der Waals surface area contributed by atoms with Crippen molar-refractivity contribution >= 4 is 23.3 Å². The van der Waals surface area contributed by atoms with Crippen LogP contribution >= 0.6 is 11.6 Å². The highest BCUT2D eigenvalue weighted by Crippen LogP contribution is 2.19. The zero-order chi connectivity index (χ0) is 19.2. The van der Waals surface area contributed by atoms with E-state index in [9.17, 15) is 14.3 Å². The summed E-state index contributed by atoms with van der Waals surface area (Å²) >= 11 is 5.71. The van der Waals surface area contributed by atoms with E-state index >= 15 is 0 Å². The summed E-state index contributed by atoms with van der Waals surface area (Å²) in [5, 5.41) is 9.68. The van der Waals surface area contributed by atoms with Crippen molar-refractivity contribution in [3.05, 3.63) is 106 Å². The average molecular weight is 382 g/mol. The Hall–Kier alpha value is -2.98. The normalized spacial score (nSPS) is 11.6. The number of nitrogens with zero attached hydrogens (tertiary/aromatic N) is 1. The lowest BCUT2D eigenvalue weighted by atomic mass is 10.0. The number of aliphatic carboxylic acids is 1. The quantitative estimate of drug-likeness (QED) is 0.610. The minimum absolute atomic E-state index is 0.00314. The maximum absolute atomic E-state index is 13.7. The summed E-state index contributed by atoms with van der Waals surface area (Å²) in [5.41, 5.74) is 2.74. The number of halogens is 2. The molecule has 1 unspecified atom stereocenters. The predicted molar refractivity (Wildman–Crippen MR) is 105 cm³/mol. The Bertz CT molecular complexity index is 917. The van der Waals surface area contributed by atoms with Crippen LogP contribution in [-0.2, 0) is 11.2 Å². The molecule has 0 aliphatic rings. The van der Waals surface area contributed by atoms with Crippen LogP contribution in [0.3, 0.4) is 0 Å². The zero-order valence-corrected chi connectivity index (χ0v) is 15.1. The van der Waals surface area contributed by atoms with E-state index in [4.69, 9.17) is 11.6 Å². The number of carboxylic acids is 1. The largest absolute Gasteiger partial charge is 0.480 e. The van der Waals surface area contributed by atoms with E-state index in [2.05, 4.69) is 4.99 Å². The summed E-state index contributed by atoms with van der Waals surface area (Å²) in [4.78, 5) is 16.4. The third kappa shape index (κ3) is 4.80. The maximum Gasteiger partial charge on any atom is 0.328 e. The number of hydrogen-bond donors (Lipinski definition) is 1. The summed E-state index contributed by atoms with van der Waals surface area (Å²) in [6, 6.07) is 22.0. The SMILES string of the molecule is O=C(O)C(Cc1ccc(Cl)c(F)c1)N=C(c1ccccc1)c1ccccc1. The monoisotopic (exact) mass is 381 g/mol. The van der Waals surface area contributed by atoms with Crippen LogP contribution in [0.2, 0.25) is 5.02 Å². The lowest BCUT2D eigenvalue weighted by Gasteiger charge is -2.13. The summed E-state index contributed by atoms with van der Waals surface area (Å²) in [7, 11) is 0. The molecule has 0 fully saturated rings. The first-order valence-corrected chi connectivity index (χ1v) is 8.78. The van der Waals surface area contributed by atoms with Crippen molar-refractivity contribution < 1.29 is 14.3 Å². The van der Waals surface area contributed by atoms with Crippen LogP contribution in [0.1, 0.15) is 16.7 Å². The fourth-order valence-corrected chi connectivity index (χ4v) is 2.86. The van der Waals surface area contributed by atoms with Crippen LogP contribution in [0, 0.1) is 5.82 Å². The van der Waals surface area contributed by atoms with Gasteiger partial charge < -0.3 is 5.11 Å². The second-order valence-corrected chi connectivity index (χ2v) is 6.42.